The van der Waals surface area contributed by atoms with Crippen molar-refractivity contribution < 1.29 is 17.3 Å². The lowest BCUT2D eigenvalue weighted by Crippen LogP contribution is -2.70. The fourth-order valence-electron chi connectivity index (χ4n) is 2.23. The highest BCUT2D eigenvalue weighted by Crippen LogP contribution is 2.48. The monoisotopic (exact) mass is 324 g/mol. The summed E-state index contributed by atoms with van der Waals surface area (Å²) in [7, 11) is 0. The molecule has 0 spiro atoms. The van der Waals surface area contributed by atoms with Crippen molar-refractivity contribution in [3.63, 3.8) is 0 Å². The normalized spacial score (nSPS) is 30.4. The van der Waals surface area contributed by atoms with E-state index < -0.39 is 18.5 Å². The molecule has 1 fully saturated rings. The first-order chi connectivity index (χ1) is 6.87. The minimum atomic E-state index is -0.984. The van der Waals surface area contributed by atoms with Crippen LogP contribution in [0.5, 0.6) is 0 Å². The van der Waals surface area contributed by atoms with Crippen LogP contribution in [0.1, 0.15) is 27.7 Å². The maximum atomic E-state index is 11.9. The van der Waals surface area contributed by atoms with E-state index in [4.69, 9.17) is 7.72 Å². The Morgan fingerprint density at radius 2 is 2.13 bits per heavy atom. The summed E-state index contributed by atoms with van der Waals surface area (Å²) in [6.07, 6.45) is 0. The average Bonchev–Trinajstić information content (AvgIpc) is 2.14. The molecule has 0 aromatic carbocycles. The van der Waals surface area contributed by atoms with E-state index in [0.29, 0.717) is 0 Å². The van der Waals surface area contributed by atoms with Gasteiger partial charge in [0.1, 0.15) is 0 Å². The van der Waals surface area contributed by atoms with Crippen molar-refractivity contribution >= 4 is 41.6 Å². The van der Waals surface area contributed by atoms with Crippen molar-refractivity contribution in [3.8, 4) is 0 Å². The van der Waals surface area contributed by atoms with Crippen molar-refractivity contribution in [1.29, 1.82) is 0 Å². The van der Waals surface area contributed by atoms with Gasteiger partial charge >= 0.3 is 12.9 Å². The Balaban J connectivity index is 2.95. The van der Waals surface area contributed by atoms with E-state index in [2.05, 4.69) is 0 Å². The molecule has 1 rings (SSSR count). The second-order valence-corrected chi connectivity index (χ2v) is 4.71. The van der Waals surface area contributed by atoms with Crippen molar-refractivity contribution in [2.45, 2.75) is 39.1 Å². The molecule has 0 N–H and O–H groups in total. The molecule has 1 saturated heterocycles. The molecule has 0 aromatic rings. The summed E-state index contributed by atoms with van der Waals surface area (Å²) >= 11 is 1.71. The van der Waals surface area contributed by atoms with Gasteiger partial charge in [0.15, 0.2) is 11.3 Å². The number of hydrogen-bond acceptors (Lipinski definition) is 4. The number of hydrogen-bond donors (Lipinski definition) is 0. The fraction of sp³-hybridized carbons (Fsp3) is 0.778. The Hall–Kier alpha value is -0.105. The Kier molecular flexibility index (Phi) is 3.81. The van der Waals surface area contributed by atoms with Gasteiger partial charge in [-0.3, -0.25) is 4.79 Å². The van der Waals surface area contributed by atoms with Crippen molar-refractivity contribution in [2.24, 2.45) is 5.92 Å². The highest BCUT2D eigenvalue weighted by atomic mass is 127. The minimum Gasteiger partial charge on any atom is -0.452 e. The van der Waals surface area contributed by atoms with Gasteiger partial charge in [-0.25, -0.2) is 0 Å². The number of halogens is 1. The quantitative estimate of drug-likeness (QED) is 0.451. The summed E-state index contributed by atoms with van der Waals surface area (Å²) in [6.45, 7) is 6.49. The van der Waals surface area contributed by atoms with Gasteiger partial charge in [0, 0.05) is 12.7 Å². The smallest absolute Gasteiger partial charge is 0.393 e. The van der Waals surface area contributed by atoms with Gasteiger partial charge in [-0.2, -0.15) is 0 Å². The van der Waals surface area contributed by atoms with Crippen molar-refractivity contribution in [2.75, 3.05) is 0 Å². The molecule has 0 amide bonds. The van der Waals surface area contributed by atoms with Crippen molar-refractivity contribution in [1.82, 2.24) is 0 Å². The molecule has 0 bridgehead atoms. The minimum absolute atomic E-state index is 0.0355. The van der Waals surface area contributed by atoms with E-state index >= 15 is 0 Å². The molecule has 2 unspecified atom stereocenters. The van der Waals surface area contributed by atoms with Crippen LogP contribution < -0.4 is 0 Å². The van der Waals surface area contributed by atoms with Crippen LogP contribution in [0.3, 0.4) is 0 Å². The first-order valence-corrected chi connectivity index (χ1v) is 5.77. The fourth-order valence-corrected chi connectivity index (χ4v) is 2.90. The van der Waals surface area contributed by atoms with Crippen LogP contribution in [-0.2, 0) is 17.3 Å². The Morgan fingerprint density at radius 3 is 2.40 bits per heavy atom. The summed E-state index contributed by atoms with van der Waals surface area (Å²) in [5.41, 5.74) is -1.11. The van der Waals surface area contributed by atoms with Crippen LogP contribution in [0.4, 0.5) is 0 Å². The Morgan fingerprint density at radius 1 is 1.60 bits per heavy atom. The summed E-state index contributed by atoms with van der Waals surface area (Å²) in [5, 5.41) is 0. The molecule has 2 atom stereocenters. The van der Waals surface area contributed by atoms with E-state index in [-0.39, 0.29) is 17.4 Å². The van der Waals surface area contributed by atoms with Gasteiger partial charge < -0.3 is 12.5 Å². The van der Waals surface area contributed by atoms with Gasteiger partial charge in [-0.1, -0.05) is 20.8 Å². The zero-order valence-corrected chi connectivity index (χ0v) is 11.4. The molecule has 1 aliphatic rings. The molecule has 0 aromatic heterocycles. The van der Waals surface area contributed by atoms with E-state index in [9.17, 15) is 9.59 Å². The lowest BCUT2D eigenvalue weighted by molar-refractivity contribution is -0.173. The number of carbonyl (C=O) groups is 2. The van der Waals surface area contributed by atoms with Crippen molar-refractivity contribution in [3.05, 3.63) is 0 Å². The zero-order valence-electron chi connectivity index (χ0n) is 9.24. The largest absolute Gasteiger partial charge is 0.452 e. The number of carbonyl (C=O) groups excluding carboxylic acids is 2. The molecule has 15 heavy (non-hydrogen) atoms. The summed E-state index contributed by atoms with van der Waals surface area (Å²) in [6, 6.07) is 0. The van der Waals surface area contributed by atoms with Crippen LogP contribution in [0, 0.1) is 5.92 Å². The SMILES string of the molecule is CC(=O)OC1(C(C)C)C(=O)B(OI)C1C. The third kappa shape index (κ3) is 1.82. The number of rotatable bonds is 3. The van der Waals surface area contributed by atoms with Gasteiger partial charge in [0.05, 0.1) is 23.0 Å². The second-order valence-electron chi connectivity index (χ2n) is 4.20. The molecule has 84 valence electrons. The van der Waals surface area contributed by atoms with Crippen LogP contribution in [0.25, 0.3) is 0 Å². The highest BCUT2D eigenvalue weighted by Gasteiger charge is 2.67. The van der Waals surface area contributed by atoms with Crippen LogP contribution >= 0.6 is 23.0 Å². The van der Waals surface area contributed by atoms with E-state index in [0.717, 1.165) is 0 Å². The van der Waals surface area contributed by atoms with E-state index in [1.165, 1.54) is 6.92 Å². The molecule has 0 saturated carbocycles. The van der Waals surface area contributed by atoms with E-state index in [1.807, 2.05) is 20.8 Å². The van der Waals surface area contributed by atoms with Crippen LogP contribution in [-0.4, -0.2) is 24.2 Å². The summed E-state index contributed by atoms with van der Waals surface area (Å²) < 4.78 is 10.2. The Bertz CT molecular complexity index is 294. The maximum absolute atomic E-state index is 11.9. The topological polar surface area (TPSA) is 52.6 Å². The lowest BCUT2D eigenvalue weighted by atomic mass is 9.31. The lowest BCUT2D eigenvalue weighted by Gasteiger charge is -2.49. The van der Waals surface area contributed by atoms with E-state index in [1.54, 1.807) is 23.0 Å². The molecule has 6 heteroatoms. The molecule has 1 aliphatic heterocycles. The van der Waals surface area contributed by atoms with Crippen LogP contribution in [0.2, 0.25) is 5.82 Å². The van der Waals surface area contributed by atoms with Gasteiger partial charge in [-0.05, 0) is 5.92 Å². The molecule has 0 radical (unpaired) electrons. The average molecular weight is 324 g/mol. The molecular weight excluding hydrogens is 310 g/mol. The maximum Gasteiger partial charge on any atom is 0.393 e. The number of esters is 1. The first kappa shape index (κ1) is 13.0. The predicted molar refractivity (Wildman–Crippen MR) is 64.6 cm³/mol. The first-order valence-electron chi connectivity index (χ1n) is 4.89. The second kappa shape index (κ2) is 4.41. The number of ether oxygens (including phenoxy) is 1. The third-order valence-electron chi connectivity index (χ3n) is 3.04. The third-order valence-corrected chi connectivity index (χ3v) is 3.59. The van der Waals surface area contributed by atoms with Gasteiger partial charge in [-0.15, -0.1) is 0 Å². The summed E-state index contributed by atoms with van der Waals surface area (Å²) in [4.78, 5) is 22.9. The molecular formula is C9H14BIO4. The summed E-state index contributed by atoms with van der Waals surface area (Å²) in [5.74, 6) is -0.548. The molecule has 0 aliphatic carbocycles. The van der Waals surface area contributed by atoms with Gasteiger partial charge in [0.25, 0.3) is 0 Å². The highest BCUT2D eigenvalue weighted by molar-refractivity contribution is 14.1. The zero-order chi connectivity index (χ0) is 11.8. The standard InChI is InChI=1S/C9H14BIO4/c1-5(2)9(14-7(4)12)6(3)10(15-11)8(9)13/h5-6H,1-4H3. The Labute approximate surface area is 104 Å². The predicted octanol–water partition coefficient (Wildman–Crippen LogP) is 1.81. The van der Waals surface area contributed by atoms with Crippen LogP contribution in [0.15, 0.2) is 0 Å². The van der Waals surface area contributed by atoms with Gasteiger partial charge in [0.2, 0.25) is 0 Å². The molecule has 1 heterocycles. The molecule has 4 nitrogen and oxygen atoms in total.